The molecule has 0 spiro atoms. The van der Waals surface area contributed by atoms with Crippen molar-refractivity contribution in [2.75, 3.05) is 13.1 Å². The molecule has 2 saturated heterocycles. The van der Waals surface area contributed by atoms with Crippen LogP contribution in [0.15, 0.2) is 65.2 Å². The molecule has 28 heavy (non-hydrogen) atoms. The average molecular weight is 375 g/mol. The van der Waals surface area contributed by atoms with Crippen LogP contribution in [0.25, 0.3) is 11.4 Å². The largest absolute Gasteiger partial charge is 0.340 e. The number of amides is 1. The van der Waals surface area contributed by atoms with E-state index >= 15 is 0 Å². The Morgan fingerprint density at radius 3 is 2.46 bits per heavy atom. The first-order valence-electron chi connectivity index (χ1n) is 9.52. The summed E-state index contributed by atoms with van der Waals surface area (Å²) in [5.74, 6) is 1.41. The summed E-state index contributed by atoms with van der Waals surface area (Å²) in [5.41, 5.74) is 8.49. The number of benzene rings is 2. The van der Waals surface area contributed by atoms with Gasteiger partial charge in [0.2, 0.25) is 17.6 Å². The second kappa shape index (κ2) is 7.18. The summed E-state index contributed by atoms with van der Waals surface area (Å²) in [5, 5.41) is 4.07. The number of nitrogens with one attached hydrogen (secondary N) is 2. The third kappa shape index (κ3) is 3.19. The van der Waals surface area contributed by atoms with E-state index in [1.165, 1.54) is 5.56 Å². The van der Waals surface area contributed by atoms with Gasteiger partial charge in [-0.05, 0) is 12.0 Å². The molecule has 7 heteroatoms. The van der Waals surface area contributed by atoms with E-state index in [1.807, 2.05) is 53.4 Å². The van der Waals surface area contributed by atoms with E-state index in [4.69, 9.17) is 4.52 Å². The summed E-state index contributed by atoms with van der Waals surface area (Å²) < 4.78 is 5.42. The van der Waals surface area contributed by atoms with Crippen molar-refractivity contribution >= 4 is 5.91 Å². The van der Waals surface area contributed by atoms with E-state index in [1.54, 1.807) is 0 Å². The van der Waals surface area contributed by atoms with E-state index in [9.17, 15) is 4.79 Å². The van der Waals surface area contributed by atoms with Crippen molar-refractivity contribution in [3.63, 3.8) is 0 Å². The van der Waals surface area contributed by atoms with Crippen molar-refractivity contribution in [2.24, 2.45) is 0 Å². The van der Waals surface area contributed by atoms with Gasteiger partial charge in [0.1, 0.15) is 6.04 Å². The van der Waals surface area contributed by atoms with Crippen LogP contribution in [0.3, 0.4) is 0 Å². The number of aromatic nitrogens is 2. The Morgan fingerprint density at radius 1 is 1.00 bits per heavy atom. The highest BCUT2D eigenvalue weighted by Gasteiger charge is 2.40. The van der Waals surface area contributed by atoms with E-state index in [0.29, 0.717) is 24.8 Å². The minimum Gasteiger partial charge on any atom is -0.340 e. The molecule has 142 valence electrons. The second-order valence-electron chi connectivity index (χ2n) is 7.30. The zero-order chi connectivity index (χ0) is 18.9. The number of nitrogens with zero attached hydrogens (tertiary/aromatic N) is 3. The van der Waals surface area contributed by atoms with Gasteiger partial charge in [-0.25, -0.2) is 10.9 Å². The standard InChI is InChI=1S/C21H21N5O2/c27-21(18-11-17(23-24-18)14-7-3-1-4-8-14)26-12-16(13-26)20-22-19(25-28-20)15-9-5-2-6-10-15/h1-10,16-18,23-24H,11-13H2. The Balaban J connectivity index is 1.17. The first kappa shape index (κ1) is 17.1. The molecule has 2 fully saturated rings. The number of hydrogen-bond acceptors (Lipinski definition) is 6. The predicted octanol–water partition coefficient (Wildman–Crippen LogP) is 2.27. The van der Waals surface area contributed by atoms with Crippen LogP contribution in [0.4, 0.5) is 0 Å². The van der Waals surface area contributed by atoms with Gasteiger partial charge in [0.25, 0.3) is 0 Å². The summed E-state index contributed by atoms with van der Waals surface area (Å²) in [6.07, 6.45) is 0.739. The van der Waals surface area contributed by atoms with Gasteiger partial charge < -0.3 is 9.42 Å². The van der Waals surface area contributed by atoms with Crippen molar-refractivity contribution in [3.8, 4) is 11.4 Å². The summed E-state index contributed by atoms with van der Waals surface area (Å²) in [6.45, 7) is 1.23. The van der Waals surface area contributed by atoms with Crippen molar-refractivity contribution in [1.82, 2.24) is 25.9 Å². The molecule has 2 N–H and O–H groups in total. The molecular formula is C21H21N5O2. The smallest absolute Gasteiger partial charge is 0.241 e. The van der Waals surface area contributed by atoms with Crippen molar-refractivity contribution in [1.29, 1.82) is 0 Å². The lowest BCUT2D eigenvalue weighted by molar-refractivity contribution is -0.138. The van der Waals surface area contributed by atoms with Crippen LogP contribution in [0.2, 0.25) is 0 Å². The molecule has 1 amide bonds. The van der Waals surface area contributed by atoms with Crippen LogP contribution in [0.1, 0.15) is 29.8 Å². The van der Waals surface area contributed by atoms with Crippen LogP contribution in [-0.4, -0.2) is 40.1 Å². The number of rotatable bonds is 4. The first-order valence-corrected chi connectivity index (χ1v) is 9.52. The first-order chi connectivity index (χ1) is 13.8. The highest BCUT2D eigenvalue weighted by molar-refractivity contribution is 5.83. The summed E-state index contributed by atoms with van der Waals surface area (Å²) >= 11 is 0. The van der Waals surface area contributed by atoms with E-state index in [0.717, 1.165) is 12.0 Å². The number of carbonyl (C=O) groups is 1. The predicted molar refractivity (Wildman–Crippen MR) is 103 cm³/mol. The molecule has 2 unspecified atom stereocenters. The van der Waals surface area contributed by atoms with E-state index in [2.05, 4.69) is 33.1 Å². The van der Waals surface area contributed by atoms with Gasteiger partial charge in [-0.3, -0.25) is 4.79 Å². The molecule has 2 aliphatic heterocycles. The maximum Gasteiger partial charge on any atom is 0.241 e. The van der Waals surface area contributed by atoms with Crippen molar-refractivity contribution < 1.29 is 9.32 Å². The Morgan fingerprint density at radius 2 is 1.71 bits per heavy atom. The number of hydrazine groups is 1. The van der Waals surface area contributed by atoms with Crippen LogP contribution >= 0.6 is 0 Å². The van der Waals surface area contributed by atoms with Gasteiger partial charge in [-0.1, -0.05) is 65.8 Å². The Bertz CT molecular complexity index is 953. The van der Waals surface area contributed by atoms with Crippen molar-refractivity contribution in [3.05, 3.63) is 72.1 Å². The van der Waals surface area contributed by atoms with E-state index < -0.39 is 0 Å². The minimum absolute atomic E-state index is 0.105. The van der Waals surface area contributed by atoms with Gasteiger partial charge in [-0.2, -0.15) is 4.98 Å². The lowest BCUT2D eigenvalue weighted by Gasteiger charge is -2.38. The number of likely N-dealkylation sites (tertiary alicyclic amines) is 1. The fraction of sp³-hybridized carbons (Fsp3) is 0.286. The third-order valence-electron chi connectivity index (χ3n) is 5.42. The molecule has 3 heterocycles. The molecule has 3 aromatic rings. The van der Waals surface area contributed by atoms with Crippen LogP contribution < -0.4 is 10.9 Å². The molecule has 2 aliphatic rings. The minimum atomic E-state index is -0.214. The topological polar surface area (TPSA) is 83.3 Å². The Hall–Kier alpha value is -3.03. The summed E-state index contributed by atoms with van der Waals surface area (Å²) in [6, 6.07) is 19.9. The molecule has 0 aliphatic carbocycles. The fourth-order valence-corrected chi connectivity index (χ4v) is 3.76. The summed E-state index contributed by atoms with van der Waals surface area (Å²) in [4.78, 5) is 19.1. The average Bonchev–Trinajstić information content (AvgIpc) is 3.38. The SMILES string of the molecule is O=C(C1CC(c2ccccc2)NN1)N1CC(c2nc(-c3ccccc3)no2)C1. The lowest BCUT2D eigenvalue weighted by atomic mass is 9.96. The monoisotopic (exact) mass is 375 g/mol. The molecule has 5 rings (SSSR count). The maximum absolute atomic E-state index is 12.8. The highest BCUT2D eigenvalue weighted by atomic mass is 16.5. The highest BCUT2D eigenvalue weighted by Crippen LogP contribution is 2.30. The van der Waals surface area contributed by atoms with Gasteiger partial charge in [-0.15, -0.1) is 0 Å². The summed E-state index contributed by atoms with van der Waals surface area (Å²) in [7, 11) is 0. The Kier molecular flexibility index (Phi) is 4.38. The Labute approximate surface area is 162 Å². The zero-order valence-corrected chi connectivity index (χ0v) is 15.3. The normalized spacial score (nSPS) is 22.2. The fourth-order valence-electron chi connectivity index (χ4n) is 3.76. The molecule has 0 saturated carbocycles. The second-order valence-corrected chi connectivity index (χ2v) is 7.30. The van der Waals surface area contributed by atoms with Gasteiger partial charge in [0.05, 0.1) is 5.92 Å². The molecule has 2 atom stereocenters. The van der Waals surface area contributed by atoms with Gasteiger partial charge in [0.15, 0.2) is 0 Å². The molecule has 1 aromatic heterocycles. The molecule has 0 radical (unpaired) electrons. The number of carbonyl (C=O) groups excluding carboxylic acids is 1. The van der Waals surface area contributed by atoms with Crippen molar-refractivity contribution in [2.45, 2.75) is 24.4 Å². The van der Waals surface area contributed by atoms with Crippen LogP contribution in [-0.2, 0) is 4.79 Å². The maximum atomic E-state index is 12.8. The third-order valence-corrected chi connectivity index (χ3v) is 5.42. The van der Waals surface area contributed by atoms with Crippen LogP contribution in [0.5, 0.6) is 0 Å². The zero-order valence-electron chi connectivity index (χ0n) is 15.3. The van der Waals surface area contributed by atoms with Crippen LogP contribution in [0, 0.1) is 0 Å². The van der Waals surface area contributed by atoms with E-state index in [-0.39, 0.29) is 23.9 Å². The lowest BCUT2D eigenvalue weighted by Crippen LogP contribution is -2.54. The quantitative estimate of drug-likeness (QED) is 0.728. The molecule has 2 aromatic carbocycles. The molecular weight excluding hydrogens is 354 g/mol. The molecule has 7 nitrogen and oxygen atoms in total. The molecule has 0 bridgehead atoms. The van der Waals surface area contributed by atoms with Gasteiger partial charge >= 0.3 is 0 Å². The number of hydrogen-bond donors (Lipinski definition) is 2. The van der Waals surface area contributed by atoms with Gasteiger partial charge in [0, 0.05) is 24.7 Å².